The molecule has 2 aromatic carbocycles. The molecule has 0 atom stereocenters. The summed E-state index contributed by atoms with van der Waals surface area (Å²) in [7, 11) is 1.58. The summed E-state index contributed by atoms with van der Waals surface area (Å²) in [6.45, 7) is 0. The second-order valence-corrected chi connectivity index (χ2v) is 6.04. The molecule has 6 nitrogen and oxygen atoms in total. The molecule has 0 spiro atoms. The van der Waals surface area contributed by atoms with Crippen molar-refractivity contribution in [1.29, 1.82) is 0 Å². The number of anilines is 3. The number of ether oxygens (including phenoxy) is 1. The van der Waals surface area contributed by atoms with E-state index in [4.69, 9.17) is 27.9 Å². The number of methoxy groups -OCH3 is 1. The van der Waals surface area contributed by atoms with Crippen LogP contribution in [-0.4, -0.2) is 23.0 Å². The Balaban J connectivity index is 1.71. The van der Waals surface area contributed by atoms with Gasteiger partial charge in [0.05, 0.1) is 29.1 Å². The summed E-state index contributed by atoms with van der Waals surface area (Å²) in [6.07, 6.45) is 2.84. The number of nitrogens with zero attached hydrogens (tertiary/aromatic N) is 2. The highest BCUT2D eigenvalue weighted by atomic mass is 35.5. The van der Waals surface area contributed by atoms with Gasteiger partial charge in [-0.1, -0.05) is 35.3 Å². The van der Waals surface area contributed by atoms with Crippen molar-refractivity contribution in [1.82, 2.24) is 9.97 Å². The highest BCUT2D eigenvalue weighted by Gasteiger charge is 2.11. The summed E-state index contributed by atoms with van der Waals surface area (Å²) < 4.78 is 5.26. The predicted molar refractivity (Wildman–Crippen MR) is 103 cm³/mol. The van der Waals surface area contributed by atoms with Gasteiger partial charge in [0, 0.05) is 17.4 Å². The molecule has 0 saturated heterocycles. The topological polar surface area (TPSA) is 76.1 Å². The molecule has 1 aromatic heterocycles. The molecule has 3 rings (SSSR count). The number of para-hydroxylation sites is 2. The molecule has 0 radical (unpaired) electrons. The van der Waals surface area contributed by atoms with E-state index in [1.807, 2.05) is 24.3 Å². The lowest BCUT2D eigenvalue weighted by atomic mass is 10.2. The van der Waals surface area contributed by atoms with Gasteiger partial charge in [0.1, 0.15) is 5.75 Å². The summed E-state index contributed by atoms with van der Waals surface area (Å²) in [4.78, 5) is 20.6. The van der Waals surface area contributed by atoms with Gasteiger partial charge in [0.25, 0.3) is 5.91 Å². The third kappa shape index (κ3) is 4.22. The quantitative estimate of drug-likeness (QED) is 0.656. The van der Waals surface area contributed by atoms with Crippen LogP contribution in [0.4, 0.5) is 17.3 Å². The molecule has 0 aliphatic carbocycles. The number of carbonyl (C=O) groups is 1. The van der Waals surface area contributed by atoms with E-state index in [-0.39, 0.29) is 5.91 Å². The lowest BCUT2D eigenvalue weighted by Gasteiger charge is -2.10. The molecule has 0 unspecified atom stereocenters. The fourth-order valence-electron chi connectivity index (χ4n) is 2.16. The molecule has 0 aliphatic heterocycles. The maximum atomic E-state index is 12.3. The molecule has 1 heterocycles. The average Bonchev–Trinajstić information content (AvgIpc) is 2.65. The monoisotopic (exact) mass is 388 g/mol. The van der Waals surface area contributed by atoms with Crippen molar-refractivity contribution in [3.63, 3.8) is 0 Å². The van der Waals surface area contributed by atoms with E-state index in [0.29, 0.717) is 33.0 Å². The number of rotatable bonds is 5. The zero-order valence-corrected chi connectivity index (χ0v) is 15.2. The fourth-order valence-corrected chi connectivity index (χ4v) is 2.62. The Morgan fingerprint density at radius 3 is 2.46 bits per heavy atom. The number of hydrogen-bond acceptors (Lipinski definition) is 5. The van der Waals surface area contributed by atoms with E-state index in [2.05, 4.69) is 20.6 Å². The first-order chi connectivity index (χ1) is 12.6. The van der Waals surface area contributed by atoms with Gasteiger partial charge in [-0.15, -0.1) is 0 Å². The molecule has 1 amide bonds. The van der Waals surface area contributed by atoms with Gasteiger partial charge in [-0.2, -0.15) is 0 Å². The van der Waals surface area contributed by atoms with Crippen LogP contribution in [0.5, 0.6) is 5.75 Å². The third-order valence-corrected chi connectivity index (χ3v) is 3.99. The molecule has 26 heavy (non-hydrogen) atoms. The first kappa shape index (κ1) is 18.0. The van der Waals surface area contributed by atoms with Gasteiger partial charge < -0.3 is 15.4 Å². The molecule has 8 heteroatoms. The number of amides is 1. The van der Waals surface area contributed by atoms with Gasteiger partial charge in [0.2, 0.25) is 5.95 Å². The maximum Gasteiger partial charge on any atom is 0.258 e. The van der Waals surface area contributed by atoms with Gasteiger partial charge in [-0.05, 0) is 30.3 Å². The van der Waals surface area contributed by atoms with Crippen LogP contribution in [-0.2, 0) is 0 Å². The van der Waals surface area contributed by atoms with Crippen LogP contribution in [0.1, 0.15) is 10.4 Å². The second kappa shape index (κ2) is 8.03. The Bertz CT molecular complexity index is 933. The molecule has 0 saturated carbocycles. The highest BCUT2D eigenvalue weighted by molar-refractivity contribution is 6.36. The highest BCUT2D eigenvalue weighted by Crippen LogP contribution is 2.27. The molecule has 3 aromatic rings. The van der Waals surface area contributed by atoms with Crippen LogP contribution in [0.2, 0.25) is 10.0 Å². The second-order valence-electron chi connectivity index (χ2n) is 5.20. The zero-order chi connectivity index (χ0) is 18.5. The standard InChI is InChI=1S/C18H14Cl2N4O2/c1-26-16-5-3-2-4-15(16)24-18-21-9-11(10-22-18)17(25)23-14-7-6-12(19)8-13(14)20/h2-10H,1H3,(H,23,25)(H,21,22,24). The minimum Gasteiger partial charge on any atom is -0.495 e. The van der Waals surface area contributed by atoms with E-state index in [0.717, 1.165) is 5.69 Å². The summed E-state index contributed by atoms with van der Waals surface area (Å²) in [5.41, 5.74) is 1.47. The van der Waals surface area contributed by atoms with E-state index in [1.54, 1.807) is 25.3 Å². The molecular formula is C18H14Cl2N4O2. The summed E-state index contributed by atoms with van der Waals surface area (Å²) in [6, 6.07) is 12.2. The van der Waals surface area contributed by atoms with Crippen molar-refractivity contribution in [2.24, 2.45) is 0 Å². The third-order valence-electron chi connectivity index (χ3n) is 3.45. The smallest absolute Gasteiger partial charge is 0.258 e. The van der Waals surface area contributed by atoms with Crippen LogP contribution in [0, 0.1) is 0 Å². The van der Waals surface area contributed by atoms with Crippen LogP contribution < -0.4 is 15.4 Å². The Morgan fingerprint density at radius 1 is 1.04 bits per heavy atom. The minimum atomic E-state index is -0.377. The maximum absolute atomic E-state index is 12.3. The zero-order valence-electron chi connectivity index (χ0n) is 13.7. The number of halogens is 2. The van der Waals surface area contributed by atoms with Crippen molar-refractivity contribution in [2.45, 2.75) is 0 Å². The molecule has 0 bridgehead atoms. The largest absolute Gasteiger partial charge is 0.495 e. The van der Waals surface area contributed by atoms with Gasteiger partial charge in [-0.25, -0.2) is 9.97 Å². The van der Waals surface area contributed by atoms with Gasteiger partial charge in [0.15, 0.2) is 0 Å². The Kier molecular flexibility index (Phi) is 5.55. The van der Waals surface area contributed by atoms with Crippen molar-refractivity contribution in [3.05, 3.63) is 70.5 Å². The number of carbonyl (C=O) groups excluding carboxylic acids is 1. The van der Waals surface area contributed by atoms with Crippen LogP contribution in [0.15, 0.2) is 54.9 Å². The average molecular weight is 389 g/mol. The summed E-state index contributed by atoms with van der Waals surface area (Å²) in [5.74, 6) is 0.629. The summed E-state index contributed by atoms with van der Waals surface area (Å²) in [5, 5.41) is 6.57. The van der Waals surface area contributed by atoms with Crippen LogP contribution in [0.3, 0.4) is 0 Å². The Morgan fingerprint density at radius 2 is 1.77 bits per heavy atom. The minimum absolute atomic E-state index is 0.293. The SMILES string of the molecule is COc1ccccc1Nc1ncc(C(=O)Nc2ccc(Cl)cc2Cl)cn1. The number of hydrogen-bond donors (Lipinski definition) is 2. The normalized spacial score (nSPS) is 10.3. The van der Waals surface area contributed by atoms with Crippen molar-refractivity contribution in [2.75, 3.05) is 17.7 Å². The fraction of sp³-hybridized carbons (Fsp3) is 0.0556. The lowest BCUT2D eigenvalue weighted by molar-refractivity contribution is 0.102. The first-order valence-corrected chi connectivity index (χ1v) is 8.31. The van der Waals surface area contributed by atoms with E-state index >= 15 is 0 Å². The molecule has 0 aliphatic rings. The number of nitrogens with one attached hydrogen (secondary N) is 2. The number of benzene rings is 2. The summed E-state index contributed by atoms with van der Waals surface area (Å²) >= 11 is 11.9. The van der Waals surface area contributed by atoms with E-state index < -0.39 is 0 Å². The van der Waals surface area contributed by atoms with Crippen LogP contribution in [0.25, 0.3) is 0 Å². The van der Waals surface area contributed by atoms with E-state index in [1.165, 1.54) is 12.4 Å². The van der Waals surface area contributed by atoms with Gasteiger partial charge >= 0.3 is 0 Å². The lowest BCUT2D eigenvalue weighted by Crippen LogP contribution is -2.13. The van der Waals surface area contributed by atoms with Crippen molar-refractivity contribution in [3.8, 4) is 5.75 Å². The molecular weight excluding hydrogens is 375 g/mol. The molecule has 2 N–H and O–H groups in total. The predicted octanol–water partition coefficient (Wildman–Crippen LogP) is 4.79. The number of aromatic nitrogens is 2. The van der Waals surface area contributed by atoms with Crippen molar-refractivity contribution >= 4 is 46.4 Å². The van der Waals surface area contributed by atoms with Crippen LogP contribution >= 0.6 is 23.2 Å². The van der Waals surface area contributed by atoms with Gasteiger partial charge in [-0.3, -0.25) is 4.79 Å². The first-order valence-electron chi connectivity index (χ1n) is 7.55. The Labute approximate surface area is 160 Å². The molecule has 132 valence electrons. The van der Waals surface area contributed by atoms with Crippen molar-refractivity contribution < 1.29 is 9.53 Å². The molecule has 0 fully saturated rings. The Hall–Kier alpha value is -2.83. The van der Waals surface area contributed by atoms with E-state index in [9.17, 15) is 4.79 Å².